The lowest BCUT2D eigenvalue weighted by molar-refractivity contribution is 0.180. The molecule has 1 unspecified atom stereocenters. The van der Waals surface area contributed by atoms with Gasteiger partial charge >= 0.3 is 0 Å². The van der Waals surface area contributed by atoms with Crippen molar-refractivity contribution in [3.8, 4) is 0 Å². The number of hydrogen-bond acceptors (Lipinski definition) is 3. The Labute approximate surface area is 76.0 Å². The highest BCUT2D eigenvalue weighted by molar-refractivity contribution is 4.62. The number of rotatable bonds is 7. The molecule has 0 bridgehead atoms. The Kier molecular flexibility index (Phi) is 7.45. The summed E-state index contributed by atoms with van der Waals surface area (Å²) in [4.78, 5) is 0. The number of hydrogen-bond donors (Lipinski definition) is 2. The van der Waals surface area contributed by atoms with Crippen molar-refractivity contribution in [1.29, 1.82) is 0 Å². The van der Waals surface area contributed by atoms with E-state index in [0.717, 1.165) is 19.3 Å². The molecule has 4 N–H and O–H groups in total. The third kappa shape index (κ3) is 5.52. The minimum absolute atomic E-state index is 0.376. The van der Waals surface area contributed by atoms with E-state index < -0.39 is 0 Å². The SMILES string of the molecule is CCCCCC(CCC)N(N)N. The van der Waals surface area contributed by atoms with Crippen LogP contribution in [0.3, 0.4) is 0 Å². The third-order valence-corrected chi connectivity index (χ3v) is 2.18. The van der Waals surface area contributed by atoms with Gasteiger partial charge in [-0.25, -0.2) is 0 Å². The molecule has 1 atom stereocenters. The van der Waals surface area contributed by atoms with E-state index in [4.69, 9.17) is 11.7 Å². The zero-order chi connectivity index (χ0) is 9.40. The van der Waals surface area contributed by atoms with E-state index in [1.807, 2.05) is 0 Å². The van der Waals surface area contributed by atoms with E-state index >= 15 is 0 Å². The first-order chi connectivity index (χ1) is 5.72. The summed E-state index contributed by atoms with van der Waals surface area (Å²) >= 11 is 0. The second-order valence-electron chi connectivity index (χ2n) is 3.39. The van der Waals surface area contributed by atoms with Crippen molar-refractivity contribution in [3.05, 3.63) is 0 Å². The van der Waals surface area contributed by atoms with Crippen LogP contribution in [0.5, 0.6) is 0 Å². The van der Waals surface area contributed by atoms with Gasteiger partial charge in [0.2, 0.25) is 0 Å². The molecule has 0 heterocycles. The summed E-state index contributed by atoms with van der Waals surface area (Å²) in [5, 5.41) is 1.37. The van der Waals surface area contributed by atoms with Gasteiger partial charge in [0, 0.05) is 6.04 Å². The van der Waals surface area contributed by atoms with Crippen LogP contribution < -0.4 is 11.7 Å². The van der Waals surface area contributed by atoms with Crippen molar-refractivity contribution in [2.75, 3.05) is 0 Å². The molecule has 0 saturated heterocycles. The summed E-state index contributed by atoms with van der Waals surface area (Å²) in [6.07, 6.45) is 7.18. The largest absolute Gasteiger partial charge is 0.255 e. The van der Waals surface area contributed by atoms with Gasteiger partial charge in [-0.3, -0.25) is 11.7 Å². The van der Waals surface area contributed by atoms with Crippen LogP contribution in [0.4, 0.5) is 0 Å². The second-order valence-corrected chi connectivity index (χ2v) is 3.39. The fourth-order valence-corrected chi connectivity index (χ4v) is 1.41. The van der Waals surface area contributed by atoms with Gasteiger partial charge in [-0.15, -0.1) is 0 Å². The predicted molar refractivity (Wildman–Crippen MR) is 53.1 cm³/mol. The predicted octanol–water partition coefficient (Wildman–Crippen LogP) is 1.78. The first-order valence-electron chi connectivity index (χ1n) is 5.01. The first kappa shape index (κ1) is 11.9. The molecule has 74 valence electrons. The first-order valence-corrected chi connectivity index (χ1v) is 5.01. The molecule has 0 aliphatic heterocycles. The van der Waals surface area contributed by atoms with Crippen LogP contribution in [-0.2, 0) is 0 Å². The molecule has 0 aliphatic carbocycles. The van der Waals surface area contributed by atoms with Crippen LogP contribution in [0.2, 0.25) is 0 Å². The van der Waals surface area contributed by atoms with Crippen LogP contribution in [0, 0.1) is 0 Å². The lowest BCUT2D eigenvalue weighted by Crippen LogP contribution is -2.46. The van der Waals surface area contributed by atoms with Gasteiger partial charge in [0.1, 0.15) is 0 Å². The molecule has 0 aromatic heterocycles. The molecular weight excluding hydrogens is 150 g/mol. The highest BCUT2D eigenvalue weighted by Crippen LogP contribution is 2.10. The Morgan fingerprint density at radius 3 is 2.08 bits per heavy atom. The van der Waals surface area contributed by atoms with Crippen molar-refractivity contribution in [2.24, 2.45) is 11.7 Å². The minimum atomic E-state index is 0.376. The molecule has 0 fully saturated rings. The number of hydrazine groups is 2. The number of nitrogens with zero attached hydrogens (tertiary/aromatic N) is 1. The Morgan fingerprint density at radius 1 is 1.00 bits per heavy atom. The second kappa shape index (κ2) is 7.53. The fraction of sp³-hybridized carbons (Fsp3) is 1.00. The molecular formula is C9H23N3. The van der Waals surface area contributed by atoms with Crippen LogP contribution in [-0.4, -0.2) is 11.2 Å². The molecule has 0 amide bonds. The zero-order valence-electron chi connectivity index (χ0n) is 8.42. The van der Waals surface area contributed by atoms with Gasteiger partial charge in [-0.1, -0.05) is 39.5 Å². The smallest absolute Gasteiger partial charge is 0.0395 e. The highest BCUT2D eigenvalue weighted by Gasteiger charge is 2.09. The molecule has 12 heavy (non-hydrogen) atoms. The average molecular weight is 173 g/mol. The van der Waals surface area contributed by atoms with E-state index in [1.165, 1.54) is 24.4 Å². The average Bonchev–Trinajstić information content (AvgIpc) is 2.03. The van der Waals surface area contributed by atoms with Gasteiger partial charge in [0.25, 0.3) is 0 Å². The minimum Gasteiger partial charge on any atom is -0.255 e. The number of nitrogens with two attached hydrogens (primary N) is 2. The topological polar surface area (TPSA) is 55.3 Å². The van der Waals surface area contributed by atoms with E-state index in [2.05, 4.69) is 13.8 Å². The van der Waals surface area contributed by atoms with Crippen LogP contribution in [0.1, 0.15) is 52.4 Å². The number of unbranched alkanes of at least 4 members (excludes halogenated alkanes) is 2. The molecule has 0 radical (unpaired) electrons. The van der Waals surface area contributed by atoms with Crippen molar-refractivity contribution < 1.29 is 0 Å². The van der Waals surface area contributed by atoms with E-state index in [0.29, 0.717) is 6.04 Å². The lowest BCUT2D eigenvalue weighted by Gasteiger charge is -2.22. The van der Waals surface area contributed by atoms with E-state index in [1.54, 1.807) is 0 Å². The Balaban J connectivity index is 3.49. The van der Waals surface area contributed by atoms with E-state index in [-0.39, 0.29) is 0 Å². The summed E-state index contributed by atoms with van der Waals surface area (Å²) in [6.45, 7) is 4.37. The Bertz CT molecular complexity index is 93.8. The molecule has 3 heteroatoms. The van der Waals surface area contributed by atoms with Gasteiger partial charge in [0.15, 0.2) is 0 Å². The molecule has 0 aromatic rings. The molecule has 0 rings (SSSR count). The summed E-state index contributed by atoms with van der Waals surface area (Å²) in [5.41, 5.74) is 0. The monoisotopic (exact) mass is 173 g/mol. The summed E-state index contributed by atoms with van der Waals surface area (Å²) in [5.74, 6) is 11.0. The zero-order valence-corrected chi connectivity index (χ0v) is 8.42. The van der Waals surface area contributed by atoms with Crippen molar-refractivity contribution in [3.63, 3.8) is 0 Å². The van der Waals surface area contributed by atoms with Gasteiger partial charge in [0.05, 0.1) is 0 Å². The molecule has 0 aromatic carbocycles. The van der Waals surface area contributed by atoms with Gasteiger partial charge in [-0.2, -0.15) is 5.12 Å². The molecule has 0 spiro atoms. The standard InChI is InChI=1S/C9H23N3/c1-3-5-6-8-9(7-4-2)12(10)11/h9H,3-8,10-11H2,1-2H3. The maximum atomic E-state index is 5.52. The maximum absolute atomic E-state index is 5.52. The van der Waals surface area contributed by atoms with Crippen LogP contribution in [0.25, 0.3) is 0 Å². The highest BCUT2D eigenvalue weighted by atomic mass is 15.6. The van der Waals surface area contributed by atoms with Crippen LogP contribution in [0.15, 0.2) is 0 Å². The maximum Gasteiger partial charge on any atom is 0.0395 e. The lowest BCUT2D eigenvalue weighted by atomic mass is 10.0. The van der Waals surface area contributed by atoms with Gasteiger partial charge < -0.3 is 0 Å². The van der Waals surface area contributed by atoms with Gasteiger partial charge in [-0.05, 0) is 12.8 Å². The Morgan fingerprint density at radius 2 is 1.67 bits per heavy atom. The summed E-state index contributed by atoms with van der Waals surface area (Å²) in [7, 11) is 0. The molecule has 3 nitrogen and oxygen atoms in total. The van der Waals surface area contributed by atoms with Crippen molar-refractivity contribution >= 4 is 0 Å². The van der Waals surface area contributed by atoms with Crippen LogP contribution >= 0.6 is 0 Å². The summed E-state index contributed by atoms with van der Waals surface area (Å²) < 4.78 is 0. The molecule has 0 saturated carbocycles. The Hall–Kier alpha value is -0.120. The quantitative estimate of drug-likeness (QED) is 0.350. The van der Waals surface area contributed by atoms with E-state index in [9.17, 15) is 0 Å². The summed E-state index contributed by atoms with van der Waals surface area (Å²) in [6, 6.07) is 0.376. The third-order valence-electron chi connectivity index (χ3n) is 2.18. The van der Waals surface area contributed by atoms with Crippen molar-refractivity contribution in [2.45, 2.75) is 58.4 Å². The normalized spacial score (nSPS) is 13.8. The fourth-order valence-electron chi connectivity index (χ4n) is 1.41. The van der Waals surface area contributed by atoms with Crippen molar-refractivity contribution in [1.82, 2.24) is 5.12 Å². The molecule has 0 aliphatic rings.